The lowest BCUT2D eigenvalue weighted by molar-refractivity contribution is -0.149. The summed E-state index contributed by atoms with van der Waals surface area (Å²) >= 11 is 0. The maximum absolute atomic E-state index is 11.4. The number of aliphatic carboxylic acids is 1. The highest BCUT2D eigenvalue weighted by molar-refractivity contribution is 5.83. The summed E-state index contributed by atoms with van der Waals surface area (Å²) in [7, 11) is 1.33. The monoisotopic (exact) mass is 315 g/mol. The van der Waals surface area contributed by atoms with E-state index in [-0.39, 0.29) is 0 Å². The molecule has 0 aromatic heterocycles. The zero-order valence-electron chi connectivity index (χ0n) is 14.4. The highest BCUT2D eigenvalue weighted by Gasteiger charge is 2.39. The molecular formula is C17H33NO4. The summed E-state index contributed by atoms with van der Waals surface area (Å²) in [6.45, 7) is 3.70. The van der Waals surface area contributed by atoms with E-state index < -0.39 is 17.6 Å². The van der Waals surface area contributed by atoms with Crippen molar-refractivity contribution in [1.29, 1.82) is 0 Å². The summed E-state index contributed by atoms with van der Waals surface area (Å²) in [6.07, 6.45) is 10.9. The lowest BCUT2D eigenvalue weighted by Crippen LogP contribution is -2.52. The Labute approximate surface area is 134 Å². The van der Waals surface area contributed by atoms with Crippen LogP contribution in [0, 0.1) is 0 Å². The molecule has 1 atom stereocenters. The number of carbonyl (C=O) groups is 2. The van der Waals surface area contributed by atoms with Gasteiger partial charge in [0.15, 0.2) is 0 Å². The first-order valence-electron chi connectivity index (χ1n) is 8.56. The minimum Gasteiger partial charge on any atom is -0.480 e. The molecule has 0 aliphatic carbocycles. The van der Waals surface area contributed by atoms with Gasteiger partial charge in [0.05, 0.1) is 0 Å². The summed E-state index contributed by atoms with van der Waals surface area (Å²) in [6, 6.07) is 0. The molecule has 130 valence electrons. The molecule has 0 bridgehead atoms. The predicted molar refractivity (Wildman–Crippen MR) is 88.3 cm³/mol. The molecule has 1 amide bonds. The number of amides is 1. The number of carboxylic acid groups (broad SMARTS) is 2. The van der Waals surface area contributed by atoms with E-state index in [4.69, 9.17) is 5.11 Å². The molecule has 0 heterocycles. The van der Waals surface area contributed by atoms with Crippen LogP contribution in [-0.4, -0.2) is 39.8 Å². The van der Waals surface area contributed by atoms with Gasteiger partial charge in [-0.1, -0.05) is 71.1 Å². The second kappa shape index (κ2) is 11.3. The van der Waals surface area contributed by atoms with Crippen LogP contribution in [0.15, 0.2) is 0 Å². The second-order valence-electron chi connectivity index (χ2n) is 6.35. The normalized spacial score (nSPS) is 13.6. The van der Waals surface area contributed by atoms with Crippen LogP contribution in [0.5, 0.6) is 0 Å². The van der Waals surface area contributed by atoms with Crippen LogP contribution in [0.3, 0.4) is 0 Å². The van der Waals surface area contributed by atoms with Crippen LogP contribution in [0.25, 0.3) is 0 Å². The fourth-order valence-electron chi connectivity index (χ4n) is 2.59. The molecular weight excluding hydrogens is 282 g/mol. The predicted octanol–water partition coefficient (Wildman–Crippen LogP) is 4.75. The Kier molecular flexibility index (Phi) is 10.7. The van der Waals surface area contributed by atoms with E-state index in [2.05, 4.69) is 6.92 Å². The van der Waals surface area contributed by atoms with E-state index in [0.717, 1.165) is 24.2 Å². The maximum Gasteiger partial charge on any atom is 0.407 e. The Bertz CT molecular complexity index is 333. The summed E-state index contributed by atoms with van der Waals surface area (Å²) < 4.78 is 0. The average Bonchev–Trinajstić information content (AvgIpc) is 2.47. The minimum atomic E-state index is -1.33. The summed E-state index contributed by atoms with van der Waals surface area (Å²) in [5.74, 6) is -1.08. The number of rotatable bonds is 13. The van der Waals surface area contributed by atoms with Crippen molar-refractivity contribution in [3.8, 4) is 0 Å². The van der Waals surface area contributed by atoms with E-state index in [1.807, 2.05) is 0 Å². The molecule has 22 heavy (non-hydrogen) atoms. The van der Waals surface area contributed by atoms with Gasteiger partial charge in [0.25, 0.3) is 0 Å². The van der Waals surface area contributed by atoms with Crippen LogP contribution in [0.1, 0.15) is 84.5 Å². The van der Waals surface area contributed by atoms with Gasteiger partial charge in [0.2, 0.25) is 0 Å². The van der Waals surface area contributed by atoms with Crippen LogP contribution >= 0.6 is 0 Å². The topological polar surface area (TPSA) is 77.8 Å². The Morgan fingerprint density at radius 3 is 1.64 bits per heavy atom. The summed E-state index contributed by atoms with van der Waals surface area (Å²) in [4.78, 5) is 23.3. The lowest BCUT2D eigenvalue weighted by Gasteiger charge is -2.33. The number of carboxylic acids is 1. The fourth-order valence-corrected chi connectivity index (χ4v) is 2.59. The molecule has 0 rings (SSSR count). The van der Waals surface area contributed by atoms with Crippen molar-refractivity contribution in [3.05, 3.63) is 0 Å². The molecule has 0 aliphatic rings. The highest BCUT2D eigenvalue weighted by Crippen LogP contribution is 2.23. The van der Waals surface area contributed by atoms with Crippen LogP contribution in [0.2, 0.25) is 0 Å². The Hall–Kier alpha value is -1.26. The minimum absolute atomic E-state index is 0.363. The SMILES string of the molecule is CCCCCCCCCCCCC(C)(C(=O)O)N(C)C(=O)O. The molecule has 0 fully saturated rings. The third-order valence-corrected chi connectivity index (χ3v) is 4.51. The van der Waals surface area contributed by atoms with Gasteiger partial charge in [0, 0.05) is 7.05 Å². The molecule has 5 heteroatoms. The van der Waals surface area contributed by atoms with Crippen LogP contribution in [-0.2, 0) is 4.79 Å². The third kappa shape index (κ3) is 7.66. The van der Waals surface area contributed by atoms with Gasteiger partial charge < -0.3 is 10.2 Å². The number of likely N-dealkylation sites (N-methyl/N-ethyl adjacent to an activating group) is 1. The van der Waals surface area contributed by atoms with Crippen LogP contribution < -0.4 is 0 Å². The van der Waals surface area contributed by atoms with E-state index in [9.17, 15) is 14.7 Å². The van der Waals surface area contributed by atoms with Gasteiger partial charge in [0.1, 0.15) is 5.54 Å². The molecule has 0 spiro atoms. The molecule has 0 saturated heterocycles. The molecule has 0 aliphatic heterocycles. The first kappa shape index (κ1) is 20.7. The van der Waals surface area contributed by atoms with Gasteiger partial charge >= 0.3 is 12.1 Å². The first-order chi connectivity index (χ1) is 10.4. The van der Waals surface area contributed by atoms with Crippen molar-refractivity contribution in [2.24, 2.45) is 0 Å². The van der Waals surface area contributed by atoms with Crippen molar-refractivity contribution >= 4 is 12.1 Å². The smallest absolute Gasteiger partial charge is 0.407 e. The van der Waals surface area contributed by atoms with E-state index in [0.29, 0.717) is 6.42 Å². The number of unbranched alkanes of at least 4 members (excludes halogenated alkanes) is 9. The molecule has 0 radical (unpaired) electrons. The van der Waals surface area contributed by atoms with Crippen molar-refractivity contribution in [2.75, 3.05) is 7.05 Å². The summed E-state index contributed by atoms with van der Waals surface area (Å²) in [5.41, 5.74) is -1.33. The standard InChI is InChI=1S/C17H33NO4/c1-4-5-6-7-8-9-10-11-12-13-14-17(2,15(19)20)18(3)16(21)22/h4-14H2,1-3H3,(H,19,20)(H,21,22). The van der Waals surface area contributed by atoms with E-state index >= 15 is 0 Å². The van der Waals surface area contributed by atoms with E-state index in [1.165, 1.54) is 58.9 Å². The Morgan fingerprint density at radius 2 is 1.27 bits per heavy atom. The van der Waals surface area contributed by atoms with Gasteiger partial charge in [-0.3, -0.25) is 4.90 Å². The van der Waals surface area contributed by atoms with Crippen molar-refractivity contribution in [3.63, 3.8) is 0 Å². The zero-order valence-corrected chi connectivity index (χ0v) is 14.4. The van der Waals surface area contributed by atoms with Gasteiger partial charge in [-0.25, -0.2) is 9.59 Å². The molecule has 1 unspecified atom stereocenters. The number of hydrogen-bond donors (Lipinski definition) is 2. The largest absolute Gasteiger partial charge is 0.480 e. The third-order valence-electron chi connectivity index (χ3n) is 4.51. The van der Waals surface area contributed by atoms with Gasteiger partial charge in [-0.15, -0.1) is 0 Å². The zero-order chi connectivity index (χ0) is 17.0. The molecule has 5 nitrogen and oxygen atoms in total. The fraction of sp³-hybridized carbons (Fsp3) is 0.882. The Morgan fingerprint density at radius 1 is 0.864 bits per heavy atom. The van der Waals surface area contributed by atoms with Crippen molar-refractivity contribution in [1.82, 2.24) is 4.90 Å². The summed E-state index contributed by atoms with van der Waals surface area (Å²) in [5, 5.41) is 18.3. The number of nitrogens with zero attached hydrogens (tertiary/aromatic N) is 1. The van der Waals surface area contributed by atoms with Crippen molar-refractivity contribution < 1.29 is 19.8 Å². The van der Waals surface area contributed by atoms with Gasteiger partial charge in [-0.2, -0.15) is 0 Å². The van der Waals surface area contributed by atoms with Crippen LogP contribution in [0.4, 0.5) is 4.79 Å². The highest BCUT2D eigenvalue weighted by atomic mass is 16.4. The lowest BCUT2D eigenvalue weighted by atomic mass is 9.92. The molecule has 0 saturated carbocycles. The second-order valence-corrected chi connectivity index (χ2v) is 6.35. The molecule has 0 aromatic carbocycles. The quantitative estimate of drug-likeness (QED) is 0.481. The number of hydrogen-bond acceptors (Lipinski definition) is 2. The van der Waals surface area contributed by atoms with E-state index in [1.54, 1.807) is 0 Å². The van der Waals surface area contributed by atoms with Gasteiger partial charge in [-0.05, 0) is 13.3 Å². The molecule has 2 N–H and O–H groups in total. The maximum atomic E-state index is 11.4. The first-order valence-corrected chi connectivity index (χ1v) is 8.56. The molecule has 0 aromatic rings. The Balaban J connectivity index is 3.83. The van der Waals surface area contributed by atoms with Crippen molar-refractivity contribution in [2.45, 2.75) is 90.0 Å². The average molecular weight is 315 g/mol.